The maximum absolute atomic E-state index is 12.8. The van der Waals surface area contributed by atoms with Crippen LogP contribution in [0.4, 0.5) is 11.4 Å². The zero-order chi connectivity index (χ0) is 18.5. The number of sulfonamides is 1. The van der Waals surface area contributed by atoms with E-state index in [1.54, 1.807) is 24.3 Å². The number of furan rings is 1. The lowest BCUT2D eigenvalue weighted by Crippen LogP contribution is -2.17. The Bertz CT molecular complexity index is 1180. The van der Waals surface area contributed by atoms with Gasteiger partial charge in [-0.2, -0.15) is 0 Å². The Morgan fingerprint density at radius 3 is 2.73 bits per heavy atom. The standard InChI is InChI=1S/C17H13N3O5S/c18-17(22)16-15(11-3-1-2-4-13(11)25-16)20-26(23,24)10-5-6-12-9(7-10)8-14(21)19-12/h1-7,20H,8H2,(H2,18,22)(H,19,21). The third kappa shape index (κ3) is 2.58. The summed E-state index contributed by atoms with van der Waals surface area (Å²) in [7, 11) is -4.03. The van der Waals surface area contributed by atoms with Gasteiger partial charge in [0.25, 0.3) is 15.9 Å². The van der Waals surface area contributed by atoms with Crippen LogP contribution < -0.4 is 15.8 Å². The van der Waals surface area contributed by atoms with Gasteiger partial charge in [-0.25, -0.2) is 8.42 Å². The minimum atomic E-state index is -4.03. The van der Waals surface area contributed by atoms with Crippen LogP contribution in [0, 0.1) is 0 Å². The van der Waals surface area contributed by atoms with E-state index in [1.807, 2.05) is 0 Å². The van der Waals surface area contributed by atoms with Crippen molar-refractivity contribution in [1.82, 2.24) is 0 Å². The lowest BCUT2D eigenvalue weighted by atomic mass is 10.2. The third-order valence-corrected chi connectivity index (χ3v) is 5.42. The first-order valence-corrected chi connectivity index (χ1v) is 9.10. The number of nitrogens with two attached hydrogens (primary N) is 1. The number of amides is 2. The van der Waals surface area contributed by atoms with Gasteiger partial charge in [0, 0.05) is 11.1 Å². The molecule has 4 N–H and O–H groups in total. The number of para-hydroxylation sites is 1. The number of hydrogen-bond donors (Lipinski definition) is 3. The number of carbonyl (C=O) groups is 2. The number of hydrogen-bond acceptors (Lipinski definition) is 5. The Kier molecular flexibility index (Phi) is 3.48. The molecular formula is C17H13N3O5S. The van der Waals surface area contributed by atoms with Crippen LogP contribution in [0.15, 0.2) is 51.8 Å². The highest BCUT2D eigenvalue weighted by molar-refractivity contribution is 7.92. The molecule has 9 heteroatoms. The van der Waals surface area contributed by atoms with Crippen molar-refractivity contribution >= 4 is 44.2 Å². The van der Waals surface area contributed by atoms with E-state index in [2.05, 4.69) is 10.0 Å². The molecule has 2 aromatic carbocycles. The first kappa shape index (κ1) is 16.2. The Morgan fingerprint density at radius 1 is 1.19 bits per heavy atom. The predicted molar refractivity (Wildman–Crippen MR) is 94.3 cm³/mol. The fourth-order valence-electron chi connectivity index (χ4n) is 2.89. The van der Waals surface area contributed by atoms with E-state index in [0.717, 1.165) is 0 Å². The molecule has 0 spiro atoms. The summed E-state index contributed by atoms with van der Waals surface area (Å²) in [4.78, 5) is 23.1. The summed E-state index contributed by atoms with van der Waals surface area (Å²) in [6, 6.07) is 10.9. The van der Waals surface area contributed by atoms with E-state index in [0.29, 0.717) is 22.2 Å². The van der Waals surface area contributed by atoms with Crippen LogP contribution in [0.25, 0.3) is 11.0 Å². The summed E-state index contributed by atoms with van der Waals surface area (Å²) < 4.78 is 33.3. The van der Waals surface area contributed by atoms with Gasteiger partial charge in [-0.15, -0.1) is 0 Å². The molecule has 0 bridgehead atoms. The number of benzene rings is 2. The molecule has 0 atom stereocenters. The Balaban J connectivity index is 1.79. The average molecular weight is 371 g/mol. The monoisotopic (exact) mass is 371 g/mol. The lowest BCUT2D eigenvalue weighted by Gasteiger charge is -2.09. The fraction of sp³-hybridized carbons (Fsp3) is 0.0588. The molecule has 0 unspecified atom stereocenters. The minimum absolute atomic E-state index is 0.0113. The molecule has 4 rings (SSSR count). The van der Waals surface area contributed by atoms with E-state index < -0.39 is 15.9 Å². The van der Waals surface area contributed by atoms with Crippen molar-refractivity contribution < 1.29 is 22.4 Å². The Labute approximate surface area is 148 Å². The maximum Gasteiger partial charge on any atom is 0.286 e. The van der Waals surface area contributed by atoms with Crippen molar-refractivity contribution in [3.05, 3.63) is 53.8 Å². The van der Waals surface area contributed by atoms with Crippen molar-refractivity contribution in [3.8, 4) is 0 Å². The van der Waals surface area contributed by atoms with Gasteiger partial charge in [-0.3, -0.25) is 14.3 Å². The van der Waals surface area contributed by atoms with Crippen molar-refractivity contribution in [2.24, 2.45) is 5.73 Å². The summed E-state index contributed by atoms with van der Waals surface area (Å²) in [6.45, 7) is 0. The van der Waals surface area contributed by atoms with Crippen LogP contribution in [0.3, 0.4) is 0 Å². The molecule has 8 nitrogen and oxygen atoms in total. The van der Waals surface area contributed by atoms with Gasteiger partial charge in [-0.05, 0) is 35.9 Å². The highest BCUT2D eigenvalue weighted by atomic mass is 32.2. The van der Waals surface area contributed by atoms with Crippen LogP contribution in [0.2, 0.25) is 0 Å². The summed E-state index contributed by atoms with van der Waals surface area (Å²) >= 11 is 0. The van der Waals surface area contributed by atoms with Crippen LogP contribution in [0.5, 0.6) is 0 Å². The molecule has 0 radical (unpaired) electrons. The van der Waals surface area contributed by atoms with Gasteiger partial charge in [0.2, 0.25) is 11.7 Å². The Hall–Kier alpha value is -3.33. The second-order valence-corrected chi connectivity index (χ2v) is 7.50. The van der Waals surface area contributed by atoms with Crippen LogP contribution in [-0.2, 0) is 21.2 Å². The second kappa shape index (κ2) is 5.60. The quantitative estimate of drug-likeness (QED) is 0.644. The highest BCUT2D eigenvalue weighted by Crippen LogP contribution is 2.33. The van der Waals surface area contributed by atoms with Gasteiger partial charge in [0.15, 0.2) is 0 Å². The average Bonchev–Trinajstić information content (AvgIpc) is 3.14. The first-order chi connectivity index (χ1) is 12.3. The van der Waals surface area contributed by atoms with Gasteiger partial charge in [0.1, 0.15) is 11.3 Å². The smallest absolute Gasteiger partial charge is 0.286 e. The molecule has 26 heavy (non-hydrogen) atoms. The molecule has 132 valence electrons. The largest absolute Gasteiger partial charge is 0.449 e. The molecule has 0 saturated carbocycles. The number of anilines is 2. The Morgan fingerprint density at radius 2 is 1.96 bits per heavy atom. The summed E-state index contributed by atoms with van der Waals surface area (Å²) in [6.07, 6.45) is 0.111. The van der Waals surface area contributed by atoms with E-state index in [-0.39, 0.29) is 28.7 Å². The number of nitrogens with one attached hydrogen (secondary N) is 2. The zero-order valence-corrected chi connectivity index (χ0v) is 14.1. The van der Waals surface area contributed by atoms with Gasteiger partial charge in [-0.1, -0.05) is 12.1 Å². The van der Waals surface area contributed by atoms with Crippen molar-refractivity contribution in [2.75, 3.05) is 10.0 Å². The number of rotatable bonds is 4. The van der Waals surface area contributed by atoms with Crippen molar-refractivity contribution in [3.63, 3.8) is 0 Å². The summed E-state index contributed by atoms with van der Waals surface area (Å²) in [5, 5.41) is 3.06. The van der Waals surface area contributed by atoms with E-state index >= 15 is 0 Å². The minimum Gasteiger partial charge on any atom is -0.449 e. The SMILES string of the molecule is NC(=O)c1oc2ccccc2c1NS(=O)(=O)c1ccc2c(c1)CC(=O)N2. The molecular weight excluding hydrogens is 358 g/mol. The molecule has 3 aromatic rings. The molecule has 0 saturated heterocycles. The van der Waals surface area contributed by atoms with Crippen LogP contribution in [-0.4, -0.2) is 20.2 Å². The number of fused-ring (bicyclic) bond motifs is 2. The predicted octanol–water partition coefficient (Wildman–Crippen LogP) is 1.83. The van der Waals surface area contributed by atoms with Crippen molar-refractivity contribution in [2.45, 2.75) is 11.3 Å². The van der Waals surface area contributed by atoms with Crippen LogP contribution >= 0.6 is 0 Å². The molecule has 0 fully saturated rings. The molecule has 1 aliphatic rings. The number of primary amides is 1. The van der Waals surface area contributed by atoms with E-state index in [9.17, 15) is 18.0 Å². The fourth-order valence-corrected chi connectivity index (χ4v) is 4.02. The van der Waals surface area contributed by atoms with Crippen LogP contribution in [0.1, 0.15) is 16.1 Å². The maximum atomic E-state index is 12.8. The molecule has 0 aliphatic carbocycles. The molecule has 2 heterocycles. The normalized spacial score (nSPS) is 13.5. The van der Waals surface area contributed by atoms with E-state index in [1.165, 1.54) is 18.2 Å². The topological polar surface area (TPSA) is 132 Å². The first-order valence-electron chi connectivity index (χ1n) is 7.62. The second-order valence-electron chi connectivity index (χ2n) is 5.82. The van der Waals surface area contributed by atoms with Gasteiger partial charge < -0.3 is 15.5 Å². The summed E-state index contributed by atoms with van der Waals surface area (Å²) in [5.74, 6) is -1.35. The molecule has 1 aromatic heterocycles. The molecule has 2 amide bonds. The molecule has 1 aliphatic heterocycles. The third-order valence-electron chi connectivity index (χ3n) is 4.07. The summed E-state index contributed by atoms with van der Waals surface area (Å²) in [5.41, 5.74) is 6.81. The highest BCUT2D eigenvalue weighted by Gasteiger charge is 2.26. The zero-order valence-electron chi connectivity index (χ0n) is 13.3. The van der Waals surface area contributed by atoms with Crippen molar-refractivity contribution in [1.29, 1.82) is 0 Å². The van der Waals surface area contributed by atoms with E-state index in [4.69, 9.17) is 10.2 Å². The van der Waals surface area contributed by atoms with Gasteiger partial charge >= 0.3 is 0 Å². The van der Waals surface area contributed by atoms with Gasteiger partial charge in [0.05, 0.1) is 11.3 Å². The number of carbonyl (C=O) groups excluding carboxylic acids is 2. The lowest BCUT2D eigenvalue weighted by molar-refractivity contribution is -0.115.